The average Bonchev–Trinajstić information content (AvgIpc) is 2.98. The maximum absolute atomic E-state index is 12.0. The number of H-pyrrole nitrogens is 1. The number of hydrogen-bond donors (Lipinski definition) is 2. The number of benzene rings is 1. The summed E-state index contributed by atoms with van der Waals surface area (Å²) in [7, 11) is 1.53. The van der Waals surface area contributed by atoms with E-state index in [9.17, 15) is 9.59 Å². The van der Waals surface area contributed by atoms with Crippen molar-refractivity contribution in [2.24, 2.45) is 0 Å². The minimum atomic E-state index is -0.961. The van der Waals surface area contributed by atoms with E-state index in [2.05, 4.69) is 4.98 Å². The van der Waals surface area contributed by atoms with Gasteiger partial charge in [-0.3, -0.25) is 4.79 Å². The molecule has 1 atom stereocenters. The molecule has 0 saturated carbocycles. The van der Waals surface area contributed by atoms with E-state index in [1.807, 2.05) is 23.1 Å². The van der Waals surface area contributed by atoms with Crippen molar-refractivity contribution in [1.82, 2.24) is 9.88 Å². The number of hydrogen-bond acceptors (Lipinski definition) is 3. The summed E-state index contributed by atoms with van der Waals surface area (Å²) in [4.78, 5) is 27.8. The molecule has 1 fully saturated rings. The van der Waals surface area contributed by atoms with E-state index in [1.54, 1.807) is 6.07 Å². The van der Waals surface area contributed by atoms with E-state index in [-0.39, 0.29) is 24.1 Å². The van der Waals surface area contributed by atoms with Crippen molar-refractivity contribution in [2.75, 3.05) is 26.8 Å². The fourth-order valence-corrected chi connectivity index (χ4v) is 3.21. The lowest BCUT2D eigenvalue weighted by Crippen LogP contribution is -2.40. The highest BCUT2D eigenvalue weighted by Crippen LogP contribution is 2.29. The minimum Gasteiger partial charge on any atom is -0.477 e. The van der Waals surface area contributed by atoms with E-state index in [4.69, 9.17) is 9.84 Å². The van der Waals surface area contributed by atoms with Crippen LogP contribution in [0.2, 0.25) is 0 Å². The highest BCUT2D eigenvalue weighted by Gasteiger charge is 2.24. The molecule has 1 unspecified atom stereocenters. The van der Waals surface area contributed by atoms with Crippen LogP contribution in [0.1, 0.15) is 34.8 Å². The topological polar surface area (TPSA) is 82.6 Å². The van der Waals surface area contributed by atoms with Gasteiger partial charge in [-0.1, -0.05) is 6.07 Å². The molecule has 0 bridgehead atoms. The Morgan fingerprint density at radius 3 is 2.96 bits per heavy atom. The molecule has 0 radical (unpaired) electrons. The number of nitrogens with one attached hydrogen (secondary N) is 1. The summed E-state index contributed by atoms with van der Waals surface area (Å²) in [5, 5.41) is 9.95. The normalized spacial score (nSPS) is 18.3. The molecule has 1 aliphatic heterocycles. The van der Waals surface area contributed by atoms with Crippen LogP contribution in [0.3, 0.4) is 0 Å². The van der Waals surface area contributed by atoms with Crippen molar-refractivity contribution in [3.05, 3.63) is 35.5 Å². The number of carbonyl (C=O) groups is 2. The Balaban J connectivity index is 1.81. The number of carboxylic acids is 1. The maximum atomic E-state index is 12.0. The summed E-state index contributed by atoms with van der Waals surface area (Å²) in [6.07, 6.45) is 1.99. The van der Waals surface area contributed by atoms with Crippen molar-refractivity contribution in [3.8, 4) is 0 Å². The summed E-state index contributed by atoms with van der Waals surface area (Å²) >= 11 is 0. The van der Waals surface area contributed by atoms with Crippen LogP contribution < -0.4 is 0 Å². The van der Waals surface area contributed by atoms with Crippen molar-refractivity contribution in [2.45, 2.75) is 18.8 Å². The summed E-state index contributed by atoms with van der Waals surface area (Å²) in [6, 6.07) is 7.59. The minimum absolute atomic E-state index is 0.0214. The number of likely N-dealkylation sites (tertiary alicyclic amines) is 1. The van der Waals surface area contributed by atoms with Gasteiger partial charge < -0.3 is 19.7 Å². The average molecular weight is 316 g/mol. The molecule has 2 aromatic rings. The zero-order chi connectivity index (χ0) is 16.4. The number of aromatic nitrogens is 1. The number of aromatic amines is 1. The Labute approximate surface area is 134 Å². The second-order valence-electron chi connectivity index (χ2n) is 5.95. The zero-order valence-corrected chi connectivity index (χ0v) is 13.0. The third-order valence-corrected chi connectivity index (χ3v) is 4.39. The molecule has 1 amide bonds. The maximum Gasteiger partial charge on any atom is 0.352 e. The van der Waals surface area contributed by atoms with E-state index >= 15 is 0 Å². The van der Waals surface area contributed by atoms with Crippen molar-refractivity contribution >= 4 is 22.8 Å². The third kappa shape index (κ3) is 3.22. The quantitative estimate of drug-likeness (QED) is 0.906. The molecule has 23 heavy (non-hydrogen) atoms. The fraction of sp³-hybridized carbons (Fsp3) is 0.412. The van der Waals surface area contributed by atoms with Crippen LogP contribution in [0.4, 0.5) is 0 Å². The lowest BCUT2D eigenvalue weighted by atomic mass is 9.90. The lowest BCUT2D eigenvalue weighted by Gasteiger charge is -2.33. The number of aromatic carboxylic acids is 1. The number of nitrogens with zero attached hydrogens (tertiary/aromatic N) is 1. The van der Waals surface area contributed by atoms with E-state index in [0.29, 0.717) is 6.54 Å². The van der Waals surface area contributed by atoms with Gasteiger partial charge in [0, 0.05) is 37.0 Å². The first kappa shape index (κ1) is 15.6. The highest BCUT2D eigenvalue weighted by atomic mass is 16.5. The number of amides is 1. The largest absolute Gasteiger partial charge is 0.477 e. The van der Waals surface area contributed by atoms with Crippen LogP contribution in [0, 0.1) is 0 Å². The van der Waals surface area contributed by atoms with Gasteiger partial charge in [0.1, 0.15) is 12.3 Å². The molecule has 2 heterocycles. The standard InChI is InChI=1S/C17H20N2O4/c1-23-10-16(20)19-6-2-3-12(9-19)11-4-5-14-13(7-11)8-15(18-14)17(21)22/h4-5,7-8,12,18H,2-3,6,9-10H2,1H3,(H,21,22). The highest BCUT2D eigenvalue weighted by molar-refractivity contribution is 5.93. The van der Waals surface area contributed by atoms with Gasteiger partial charge in [-0.05, 0) is 36.6 Å². The first-order chi connectivity index (χ1) is 11.1. The number of ether oxygens (including phenoxy) is 1. The van der Waals surface area contributed by atoms with Crippen LogP contribution in [-0.4, -0.2) is 53.7 Å². The van der Waals surface area contributed by atoms with E-state index in [0.717, 1.165) is 35.9 Å². The number of fused-ring (bicyclic) bond motifs is 1. The van der Waals surface area contributed by atoms with Crippen molar-refractivity contribution < 1.29 is 19.4 Å². The molecule has 1 aliphatic rings. The number of carbonyl (C=O) groups excluding carboxylic acids is 1. The molecule has 1 aromatic heterocycles. The van der Waals surface area contributed by atoms with Crippen LogP contribution in [0.15, 0.2) is 24.3 Å². The van der Waals surface area contributed by atoms with Gasteiger partial charge in [-0.25, -0.2) is 4.79 Å². The second kappa shape index (κ2) is 6.42. The Morgan fingerprint density at radius 2 is 2.22 bits per heavy atom. The Bertz CT molecular complexity index is 737. The predicted molar refractivity (Wildman–Crippen MR) is 85.7 cm³/mol. The number of methoxy groups -OCH3 is 1. The molecular weight excluding hydrogens is 296 g/mol. The molecule has 1 aromatic carbocycles. The summed E-state index contributed by atoms with van der Waals surface area (Å²) < 4.78 is 4.93. The van der Waals surface area contributed by atoms with Crippen LogP contribution in [0.5, 0.6) is 0 Å². The molecular formula is C17H20N2O4. The van der Waals surface area contributed by atoms with Gasteiger partial charge in [0.2, 0.25) is 5.91 Å². The third-order valence-electron chi connectivity index (χ3n) is 4.39. The Hall–Kier alpha value is -2.34. The number of rotatable bonds is 4. The van der Waals surface area contributed by atoms with Crippen molar-refractivity contribution in [1.29, 1.82) is 0 Å². The zero-order valence-electron chi connectivity index (χ0n) is 13.0. The Kier molecular flexibility index (Phi) is 4.34. The first-order valence-electron chi connectivity index (χ1n) is 7.71. The fourth-order valence-electron chi connectivity index (χ4n) is 3.21. The molecule has 6 heteroatoms. The van der Waals surface area contributed by atoms with Crippen LogP contribution in [-0.2, 0) is 9.53 Å². The van der Waals surface area contributed by atoms with E-state index in [1.165, 1.54) is 7.11 Å². The van der Waals surface area contributed by atoms with Gasteiger partial charge in [0.05, 0.1) is 0 Å². The van der Waals surface area contributed by atoms with Crippen molar-refractivity contribution in [3.63, 3.8) is 0 Å². The summed E-state index contributed by atoms with van der Waals surface area (Å²) in [6.45, 7) is 1.57. The molecule has 0 aliphatic carbocycles. The second-order valence-corrected chi connectivity index (χ2v) is 5.95. The predicted octanol–water partition coefficient (Wildman–Crippen LogP) is 2.22. The smallest absolute Gasteiger partial charge is 0.352 e. The summed E-state index contributed by atoms with van der Waals surface area (Å²) in [5.41, 5.74) is 2.15. The SMILES string of the molecule is COCC(=O)N1CCCC(c2ccc3[nH]c(C(=O)O)cc3c2)C1. The van der Waals surface area contributed by atoms with Gasteiger partial charge >= 0.3 is 5.97 Å². The molecule has 1 saturated heterocycles. The summed E-state index contributed by atoms with van der Waals surface area (Å²) in [5.74, 6) is -0.665. The first-order valence-corrected chi connectivity index (χ1v) is 7.71. The van der Waals surface area contributed by atoms with E-state index < -0.39 is 5.97 Å². The molecule has 3 rings (SSSR count). The number of carboxylic acid groups (broad SMARTS) is 1. The van der Waals surface area contributed by atoms with Gasteiger partial charge in [-0.15, -0.1) is 0 Å². The van der Waals surface area contributed by atoms with Crippen LogP contribution in [0.25, 0.3) is 10.9 Å². The van der Waals surface area contributed by atoms with Gasteiger partial charge in [0.15, 0.2) is 0 Å². The molecule has 2 N–H and O–H groups in total. The monoisotopic (exact) mass is 316 g/mol. The van der Waals surface area contributed by atoms with Crippen LogP contribution >= 0.6 is 0 Å². The Morgan fingerprint density at radius 1 is 1.39 bits per heavy atom. The number of piperidine rings is 1. The molecule has 122 valence electrons. The molecule has 0 spiro atoms. The lowest BCUT2D eigenvalue weighted by molar-refractivity contribution is -0.136. The molecule has 6 nitrogen and oxygen atoms in total. The van der Waals surface area contributed by atoms with Gasteiger partial charge in [0.25, 0.3) is 0 Å². The van der Waals surface area contributed by atoms with Gasteiger partial charge in [-0.2, -0.15) is 0 Å².